The standard InChI is InChI=1S/C22H25N5O3/c1-5-8-20(28)27(13-15-9-7-10-18-17(15)12-23-25-18)21(22(29)24-14(3)4)19-11-16(6-2)30-26-19/h7-12,14,21H,1,6,13H2,2-4H3,(H,23,25)(H,24,29). The summed E-state index contributed by atoms with van der Waals surface area (Å²) >= 11 is 0. The molecule has 0 aliphatic carbocycles. The Kier molecular flexibility index (Phi) is 6.49. The van der Waals surface area contributed by atoms with E-state index in [0.717, 1.165) is 16.5 Å². The Morgan fingerprint density at radius 1 is 1.40 bits per heavy atom. The minimum absolute atomic E-state index is 0.109. The highest BCUT2D eigenvalue weighted by Gasteiger charge is 2.34. The molecule has 0 saturated heterocycles. The van der Waals surface area contributed by atoms with Gasteiger partial charge in [-0.2, -0.15) is 5.10 Å². The third kappa shape index (κ3) is 4.50. The second-order valence-electron chi connectivity index (χ2n) is 7.20. The maximum absolute atomic E-state index is 13.2. The summed E-state index contributed by atoms with van der Waals surface area (Å²) in [5, 5.41) is 14.8. The van der Waals surface area contributed by atoms with Crippen LogP contribution in [0.5, 0.6) is 0 Å². The number of aryl methyl sites for hydroxylation is 1. The maximum Gasteiger partial charge on any atom is 0.255 e. The minimum atomic E-state index is -0.976. The SMILES string of the molecule is C=C=CC(=O)N(Cc1cccc2[nH]ncc12)C(C(=O)NC(C)C)c1cc(CC)on1. The van der Waals surface area contributed by atoms with E-state index >= 15 is 0 Å². The van der Waals surface area contributed by atoms with Crippen LogP contribution in [-0.2, 0) is 22.6 Å². The number of H-pyrrole nitrogens is 1. The molecule has 0 bridgehead atoms. The number of amides is 2. The van der Waals surface area contributed by atoms with E-state index in [0.29, 0.717) is 17.9 Å². The molecule has 1 unspecified atom stereocenters. The van der Waals surface area contributed by atoms with Gasteiger partial charge in [0.2, 0.25) is 5.91 Å². The molecule has 0 aliphatic rings. The van der Waals surface area contributed by atoms with E-state index < -0.39 is 11.9 Å². The Labute approximate surface area is 174 Å². The molecule has 8 heteroatoms. The third-order valence-electron chi connectivity index (χ3n) is 4.62. The monoisotopic (exact) mass is 407 g/mol. The zero-order chi connectivity index (χ0) is 21.7. The van der Waals surface area contributed by atoms with Gasteiger partial charge in [0.1, 0.15) is 11.5 Å². The Bertz CT molecular complexity index is 1090. The van der Waals surface area contributed by atoms with Crippen LogP contribution in [0.1, 0.15) is 43.8 Å². The lowest BCUT2D eigenvalue weighted by atomic mass is 10.1. The quantitative estimate of drug-likeness (QED) is 0.441. The number of nitrogens with one attached hydrogen (secondary N) is 2. The van der Waals surface area contributed by atoms with Crippen molar-refractivity contribution in [2.24, 2.45) is 0 Å². The number of carbonyl (C=O) groups excluding carboxylic acids is 2. The molecular formula is C22H25N5O3. The first kappa shape index (κ1) is 21.1. The van der Waals surface area contributed by atoms with Crippen molar-refractivity contribution >= 4 is 22.7 Å². The summed E-state index contributed by atoms with van der Waals surface area (Å²) in [5.41, 5.74) is 4.56. The molecule has 2 heterocycles. The molecule has 156 valence electrons. The summed E-state index contributed by atoms with van der Waals surface area (Å²) < 4.78 is 5.33. The fourth-order valence-electron chi connectivity index (χ4n) is 3.24. The molecule has 3 rings (SSSR count). The Morgan fingerprint density at radius 3 is 2.87 bits per heavy atom. The Balaban J connectivity index is 2.08. The highest BCUT2D eigenvalue weighted by Crippen LogP contribution is 2.27. The van der Waals surface area contributed by atoms with Crippen molar-refractivity contribution in [1.82, 2.24) is 25.6 Å². The molecule has 8 nitrogen and oxygen atoms in total. The molecule has 3 aromatic rings. The van der Waals surface area contributed by atoms with Crippen LogP contribution in [0.4, 0.5) is 0 Å². The van der Waals surface area contributed by atoms with Gasteiger partial charge in [0.25, 0.3) is 5.91 Å². The van der Waals surface area contributed by atoms with E-state index in [1.165, 1.54) is 11.0 Å². The molecule has 0 fully saturated rings. The lowest BCUT2D eigenvalue weighted by Gasteiger charge is -2.29. The van der Waals surface area contributed by atoms with Crippen LogP contribution in [-0.4, -0.2) is 38.1 Å². The maximum atomic E-state index is 13.2. The predicted molar refractivity (Wildman–Crippen MR) is 112 cm³/mol. The smallest absolute Gasteiger partial charge is 0.255 e. The predicted octanol–water partition coefficient (Wildman–Crippen LogP) is 3.05. The zero-order valence-corrected chi connectivity index (χ0v) is 17.3. The van der Waals surface area contributed by atoms with Crippen LogP contribution in [0, 0.1) is 0 Å². The number of hydrogen-bond donors (Lipinski definition) is 2. The van der Waals surface area contributed by atoms with Crippen LogP contribution < -0.4 is 5.32 Å². The Morgan fingerprint density at radius 2 is 2.20 bits per heavy atom. The molecule has 0 radical (unpaired) electrons. The first-order chi connectivity index (χ1) is 14.4. The summed E-state index contributed by atoms with van der Waals surface area (Å²) in [6.45, 7) is 9.31. The highest BCUT2D eigenvalue weighted by molar-refractivity contribution is 5.93. The van der Waals surface area contributed by atoms with Gasteiger partial charge in [-0.25, -0.2) is 0 Å². The van der Waals surface area contributed by atoms with Gasteiger partial charge < -0.3 is 14.7 Å². The second-order valence-corrected chi connectivity index (χ2v) is 7.20. The van der Waals surface area contributed by atoms with Gasteiger partial charge in [0, 0.05) is 36.5 Å². The van der Waals surface area contributed by atoms with Crippen molar-refractivity contribution in [2.75, 3.05) is 0 Å². The summed E-state index contributed by atoms with van der Waals surface area (Å²) in [4.78, 5) is 27.6. The van der Waals surface area contributed by atoms with Crippen molar-refractivity contribution in [1.29, 1.82) is 0 Å². The van der Waals surface area contributed by atoms with Crippen LogP contribution in [0.3, 0.4) is 0 Å². The van der Waals surface area contributed by atoms with Gasteiger partial charge in [0.05, 0.1) is 11.7 Å². The van der Waals surface area contributed by atoms with Gasteiger partial charge in [-0.1, -0.05) is 30.8 Å². The number of aromatic amines is 1. The Hall–Kier alpha value is -3.64. The van der Waals surface area contributed by atoms with Crippen LogP contribution in [0.2, 0.25) is 0 Å². The summed E-state index contributed by atoms with van der Waals surface area (Å²) in [5.74, 6) is -0.113. The summed E-state index contributed by atoms with van der Waals surface area (Å²) in [6, 6.07) is 6.29. The fourth-order valence-corrected chi connectivity index (χ4v) is 3.24. The lowest BCUT2D eigenvalue weighted by molar-refractivity contribution is -0.138. The minimum Gasteiger partial charge on any atom is -0.361 e. The lowest BCUT2D eigenvalue weighted by Crippen LogP contribution is -2.45. The van der Waals surface area contributed by atoms with E-state index in [-0.39, 0.29) is 18.5 Å². The van der Waals surface area contributed by atoms with Crippen molar-refractivity contribution in [2.45, 2.75) is 45.8 Å². The van der Waals surface area contributed by atoms with Gasteiger partial charge >= 0.3 is 0 Å². The normalized spacial score (nSPS) is 11.9. The average Bonchev–Trinajstić information content (AvgIpc) is 3.36. The average molecular weight is 407 g/mol. The number of nitrogens with zero attached hydrogens (tertiary/aromatic N) is 3. The first-order valence-corrected chi connectivity index (χ1v) is 9.77. The molecule has 2 N–H and O–H groups in total. The molecule has 1 atom stereocenters. The number of rotatable bonds is 8. The van der Waals surface area contributed by atoms with E-state index in [1.807, 2.05) is 39.0 Å². The number of fused-ring (bicyclic) bond motifs is 1. The summed E-state index contributed by atoms with van der Waals surface area (Å²) in [6.07, 6.45) is 3.54. The van der Waals surface area contributed by atoms with Crippen LogP contribution >= 0.6 is 0 Å². The van der Waals surface area contributed by atoms with Gasteiger partial charge in [-0.3, -0.25) is 14.7 Å². The van der Waals surface area contributed by atoms with Gasteiger partial charge in [0.15, 0.2) is 6.04 Å². The third-order valence-corrected chi connectivity index (χ3v) is 4.62. The first-order valence-electron chi connectivity index (χ1n) is 9.77. The molecule has 30 heavy (non-hydrogen) atoms. The molecule has 1 aromatic carbocycles. The summed E-state index contributed by atoms with van der Waals surface area (Å²) in [7, 11) is 0. The van der Waals surface area contributed by atoms with Crippen molar-refractivity contribution in [3.05, 3.63) is 65.9 Å². The van der Waals surface area contributed by atoms with Crippen molar-refractivity contribution in [3.8, 4) is 0 Å². The molecule has 2 amide bonds. The largest absolute Gasteiger partial charge is 0.361 e. The molecule has 2 aromatic heterocycles. The number of carbonyl (C=O) groups is 2. The van der Waals surface area contributed by atoms with Crippen LogP contribution in [0.15, 0.2) is 53.4 Å². The van der Waals surface area contributed by atoms with Gasteiger partial charge in [-0.05, 0) is 25.5 Å². The number of aromatic nitrogens is 3. The zero-order valence-electron chi connectivity index (χ0n) is 17.3. The molecule has 0 spiro atoms. The fraction of sp³-hybridized carbons (Fsp3) is 0.318. The van der Waals surface area contributed by atoms with E-state index in [4.69, 9.17) is 4.52 Å². The van der Waals surface area contributed by atoms with E-state index in [9.17, 15) is 9.59 Å². The van der Waals surface area contributed by atoms with Crippen LogP contribution in [0.25, 0.3) is 10.9 Å². The highest BCUT2D eigenvalue weighted by atomic mass is 16.5. The molecular weight excluding hydrogens is 382 g/mol. The number of hydrogen-bond acceptors (Lipinski definition) is 5. The molecule has 0 saturated carbocycles. The van der Waals surface area contributed by atoms with E-state index in [1.54, 1.807) is 12.3 Å². The molecule has 0 aliphatic heterocycles. The number of benzene rings is 1. The van der Waals surface area contributed by atoms with Crippen molar-refractivity contribution < 1.29 is 14.1 Å². The van der Waals surface area contributed by atoms with Crippen molar-refractivity contribution in [3.63, 3.8) is 0 Å². The van der Waals surface area contributed by atoms with E-state index in [2.05, 4.69) is 33.0 Å². The second kappa shape index (κ2) is 9.24. The van der Waals surface area contributed by atoms with Gasteiger partial charge in [-0.15, -0.1) is 5.73 Å². The topological polar surface area (TPSA) is 104 Å².